The minimum absolute atomic E-state index is 0.0217. The number of halogens is 3. The fourth-order valence-corrected chi connectivity index (χ4v) is 3.26. The molecule has 1 aromatic carbocycles. The molecule has 1 saturated heterocycles. The SMILES string of the molecule is CC(=O)NC1CCN(Cc2nc(-c3cccc(C(F)(F)F)c3)oc2C)CC1. The van der Waals surface area contributed by atoms with Crippen LogP contribution >= 0.6 is 0 Å². The van der Waals surface area contributed by atoms with Gasteiger partial charge in [-0.05, 0) is 38.0 Å². The maximum absolute atomic E-state index is 12.9. The average Bonchev–Trinajstić information content (AvgIpc) is 2.96. The Morgan fingerprint density at radius 3 is 2.67 bits per heavy atom. The molecule has 0 radical (unpaired) electrons. The van der Waals surface area contributed by atoms with Crippen LogP contribution in [0.2, 0.25) is 0 Å². The van der Waals surface area contributed by atoms with Gasteiger partial charge in [0.1, 0.15) is 5.76 Å². The Morgan fingerprint density at radius 1 is 1.33 bits per heavy atom. The summed E-state index contributed by atoms with van der Waals surface area (Å²) in [4.78, 5) is 17.8. The molecule has 1 N–H and O–H groups in total. The molecule has 146 valence electrons. The lowest BCUT2D eigenvalue weighted by Gasteiger charge is -2.31. The fourth-order valence-electron chi connectivity index (χ4n) is 3.26. The summed E-state index contributed by atoms with van der Waals surface area (Å²) in [7, 11) is 0. The van der Waals surface area contributed by atoms with E-state index in [1.807, 2.05) is 0 Å². The second-order valence-electron chi connectivity index (χ2n) is 6.85. The van der Waals surface area contributed by atoms with Gasteiger partial charge in [0.05, 0.1) is 11.3 Å². The van der Waals surface area contributed by atoms with Crippen LogP contribution in [0.5, 0.6) is 0 Å². The van der Waals surface area contributed by atoms with Crippen LogP contribution in [-0.2, 0) is 17.5 Å². The van der Waals surface area contributed by atoms with Gasteiger partial charge in [0.15, 0.2) is 0 Å². The van der Waals surface area contributed by atoms with Crippen molar-refractivity contribution >= 4 is 5.91 Å². The van der Waals surface area contributed by atoms with Crippen molar-refractivity contribution in [2.75, 3.05) is 13.1 Å². The van der Waals surface area contributed by atoms with Crippen molar-refractivity contribution in [1.82, 2.24) is 15.2 Å². The number of carbonyl (C=O) groups is 1. The summed E-state index contributed by atoms with van der Waals surface area (Å²) in [6, 6.07) is 5.18. The normalized spacial score (nSPS) is 16.5. The van der Waals surface area contributed by atoms with Crippen molar-refractivity contribution in [3.63, 3.8) is 0 Å². The summed E-state index contributed by atoms with van der Waals surface area (Å²) in [5, 5.41) is 2.93. The summed E-state index contributed by atoms with van der Waals surface area (Å²) >= 11 is 0. The summed E-state index contributed by atoms with van der Waals surface area (Å²) in [6.45, 7) is 5.48. The van der Waals surface area contributed by atoms with Gasteiger partial charge in [-0.1, -0.05) is 6.07 Å². The summed E-state index contributed by atoms with van der Waals surface area (Å²) in [6.07, 6.45) is -2.69. The fraction of sp³-hybridized carbons (Fsp3) is 0.474. The van der Waals surface area contributed by atoms with Gasteiger partial charge < -0.3 is 9.73 Å². The van der Waals surface area contributed by atoms with Crippen molar-refractivity contribution in [2.45, 2.75) is 45.5 Å². The highest BCUT2D eigenvalue weighted by molar-refractivity contribution is 5.73. The Kier molecular flexibility index (Phi) is 5.55. The number of carbonyl (C=O) groups excluding carboxylic acids is 1. The third kappa shape index (κ3) is 4.88. The predicted molar refractivity (Wildman–Crippen MR) is 93.8 cm³/mol. The molecule has 0 bridgehead atoms. The third-order valence-electron chi connectivity index (χ3n) is 4.70. The second kappa shape index (κ2) is 7.72. The molecule has 0 atom stereocenters. The van der Waals surface area contributed by atoms with E-state index in [0.717, 1.165) is 43.8 Å². The molecule has 1 aliphatic heterocycles. The number of oxazole rings is 1. The molecule has 8 heteroatoms. The highest BCUT2D eigenvalue weighted by atomic mass is 19.4. The van der Waals surface area contributed by atoms with Crippen LogP contribution < -0.4 is 5.32 Å². The zero-order chi connectivity index (χ0) is 19.6. The largest absolute Gasteiger partial charge is 0.441 e. The van der Waals surface area contributed by atoms with Crippen molar-refractivity contribution in [3.05, 3.63) is 41.3 Å². The molecular formula is C19H22F3N3O2. The summed E-state index contributed by atoms with van der Waals surface area (Å²) in [5.41, 5.74) is 0.307. The predicted octanol–water partition coefficient (Wildman–Crippen LogP) is 3.77. The van der Waals surface area contributed by atoms with Crippen LogP contribution in [0, 0.1) is 6.92 Å². The lowest BCUT2D eigenvalue weighted by atomic mass is 10.0. The number of aryl methyl sites for hydroxylation is 1. The first-order valence-electron chi connectivity index (χ1n) is 8.86. The average molecular weight is 381 g/mol. The van der Waals surface area contributed by atoms with E-state index in [4.69, 9.17) is 4.42 Å². The number of piperidine rings is 1. The van der Waals surface area contributed by atoms with Gasteiger partial charge in [0.2, 0.25) is 11.8 Å². The Labute approximate surface area is 155 Å². The van der Waals surface area contributed by atoms with Crippen molar-refractivity contribution in [3.8, 4) is 11.5 Å². The molecular weight excluding hydrogens is 359 g/mol. The lowest BCUT2D eigenvalue weighted by molar-refractivity contribution is -0.137. The Morgan fingerprint density at radius 2 is 2.04 bits per heavy atom. The number of likely N-dealkylation sites (tertiary alicyclic amines) is 1. The van der Waals surface area contributed by atoms with Gasteiger partial charge >= 0.3 is 6.18 Å². The number of nitrogens with one attached hydrogen (secondary N) is 1. The van der Waals surface area contributed by atoms with Crippen molar-refractivity contribution in [1.29, 1.82) is 0 Å². The van der Waals surface area contributed by atoms with Crippen LogP contribution in [0.3, 0.4) is 0 Å². The molecule has 2 heterocycles. The number of benzene rings is 1. The third-order valence-corrected chi connectivity index (χ3v) is 4.70. The van der Waals surface area contributed by atoms with E-state index in [2.05, 4.69) is 15.2 Å². The number of aromatic nitrogens is 1. The number of alkyl halides is 3. The minimum Gasteiger partial charge on any atom is -0.441 e. The number of nitrogens with zero attached hydrogens (tertiary/aromatic N) is 2. The Bertz CT molecular complexity index is 809. The van der Waals surface area contributed by atoms with E-state index in [1.54, 1.807) is 13.0 Å². The van der Waals surface area contributed by atoms with Crippen LogP contribution in [0.4, 0.5) is 13.2 Å². The Balaban J connectivity index is 1.68. The van der Waals surface area contributed by atoms with E-state index in [9.17, 15) is 18.0 Å². The number of hydrogen-bond donors (Lipinski definition) is 1. The van der Waals surface area contributed by atoms with E-state index in [0.29, 0.717) is 17.9 Å². The summed E-state index contributed by atoms with van der Waals surface area (Å²) in [5.74, 6) is 0.777. The molecule has 0 aliphatic carbocycles. The van der Waals surface area contributed by atoms with E-state index in [1.165, 1.54) is 13.0 Å². The van der Waals surface area contributed by atoms with Crippen LogP contribution in [0.25, 0.3) is 11.5 Å². The standard InChI is InChI=1S/C19H22F3N3O2/c1-12-17(11-25-8-6-16(7-9-25)23-13(2)26)24-18(27-12)14-4-3-5-15(10-14)19(20,21)22/h3-5,10,16H,6-9,11H2,1-2H3,(H,23,26). The molecule has 0 spiro atoms. The molecule has 1 amide bonds. The molecule has 1 aliphatic rings. The molecule has 0 saturated carbocycles. The van der Waals surface area contributed by atoms with Crippen LogP contribution in [0.1, 0.15) is 36.8 Å². The first-order valence-corrected chi connectivity index (χ1v) is 8.86. The first-order chi connectivity index (χ1) is 12.7. The maximum atomic E-state index is 12.9. The zero-order valence-corrected chi connectivity index (χ0v) is 15.3. The molecule has 3 rings (SSSR count). The van der Waals surface area contributed by atoms with Crippen molar-refractivity contribution < 1.29 is 22.4 Å². The van der Waals surface area contributed by atoms with E-state index < -0.39 is 11.7 Å². The van der Waals surface area contributed by atoms with Crippen molar-refractivity contribution in [2.24, 2.45) is 0 Å². The second-order valence-corrected chi connectivity index (χ2v) is 6.85. The highest BCUT2D eigenvalue weighted by Crippen LogP contribution is 2.32. The monoisotopic (exact) mass is 381 g/mol. The highest BCUT2D eigenvalue weighted by Gasteiger charge is 2.31. The van der Waals surface area contributed by atoms with Crippen LogP contribution in [0.15, 0.2) is 28.7 Å². The van der Waals surface area contributed by atoms with Gasteiger partial charge in [0.25, 0.3) is 0 Å². The van der Waals surface area contributed by atoms with Crippen LogP contribution in [-0.4, -0.2) is 34.9 Å². The Hall–Kier alpha value is -2.35. The number of rotatable bonds is 4. The quantitative estimate of drug-likeness (QED) is 0.876. The van der Waals surface area contributed by atoms with E-state index in [-0.39, 0.29) is 17.8 Å². The molecule has 2 aromatic rings. The number of amides is 1. The van der Waals surface area contributed by atoms with E-state index >= 15 is 0 Å². The lowest BCUT2D eigenvalue weighted by Crippen LogP contribution is -2.43. The maximum Gasteiger partial charge on any atom is 0.416 e. The minimum atomic E-state index is -4.40. The molecule has 5 nitrogen and oxygen atoms in total. The van der Waals surface area contributed by atoms with Gasteiger partial charge in [-0.3, -0.25) is 9.69 Å². The van der Waals surface area contributed by atoms with Gasteiger partial charge in [0, 0.05) is 38.2 Å². The first kappa shape index (κ1) is 19.4. The smallest absolute Gasteiger partial charge is 0.416 e. The summed E-state index contributed by atoms with van der Waals surface area (Å²) < 4.78 is 44.3. The molecule has 0 unspecified atom stereocenters. The zero-order valence-electron chi connectivity index (χ0n) is 15.3. The molecule has 1 fully saturated rings. The van der Waals surface area contributed by atoms with Gasteiger partial charge in [-0.15, -0.1) is 0 Å². The number of hydrogen-bond acceptors (Lipinski definition) is 4. The molecule has 27 heavy (non-hydrogen) atoms. The molecule has 1 aromatic heterocycles. The van der Waals surface area contributed by atoms with Gasteiger partial charge in [-0.2, -0.15) is 13.2 Å². The topological polar surface area (TPSA) is 58.4 Å². The van der Waals surface area contributed by atoms with Gasteiger partial charge in [-0.25, -0.2) is 4.98 Å².